The molecule has 132 valence electrons. The number of likely N-dealkylation sites (tertiary alicyclic amines) is 1. The van der Waals surface area contributed by atoms with Gasteiger partial charge in [0.1, 0.15) is 10.7 Å². The molecule has 0 N–H and O–H groups in total. The van der Waals surface area contributed by atoms with Gasteiger partial charge in [0.2, 0.25) is 0 Å². The standard InChI is InChI=1S/C17H21N5O2S/c23-16(14-9-18-2-3-19-14)22-6-7-24-13-17(12-22)1-5-21(11-17)10-15-20-4-8-25-15/h2-4,8-9H,1,5-7,10-13H2. The van der Waals surface area contributed by atoms with E-state index in [4.69, 9.17) is 4.74 Å². The molecule has 1 atom stereocenters. The second-order valence-electron chi connectivity index (χ2n) is 6.76. The maximum Gasteiger partial charge on any atom is 0.274 e. The van der Waals surface area contributed by atoms with Crippen molar-refractivity contribution in [3.05, 3.63) is 40.9 Å². The number of aromatic nitrogens is 3. The van der Waals surface area contributed by atoms with E-state index < -0.39 is 0 Å². The molecule has 2 saturated heterocycles. The number of rotatable bonds is 3. The fraction of sp³-hybridized carbons (Fsp3) is 0.529. The second-order valence-corrected chi connectivity index (χ2v) is 7.74. The van der Waals surface area contributed by atoms with Gasteiger partial charge < -0.3 is 9.64 Å². The molecule has 0 radical (unpaired) electrons. The number of carbonyl (C=O) groups excluding carboxylic acids is 1. The molecule has 8 heteroatoms. The van der Waals surface area contributed by atoms with Gasteiger partial charge in [-0.3, -0.25) is 14.7 Å². The molecule has 2 aliphatic rings. The van der Waals surface area contributed by atoms with Gasteiger partial charge in [-0.15, -0.1) is 11.3 Å². The quantitative estimate of drug-likeness (QED) is 0.823. The Hall–Kier alpha value is -1.90. The van der Waals surface area contributed by atoms with Crippen molar-refractivity contribution in [2.45, 2.75) is 13.0 Å². The van der Waals surface area contributed by atoms with Crippen LogP contribution in [0.4, 0.5) is 0 Å². The number of hydrogen-bond acceptors (Lipinski definition) is 7. The Morgan fingerprint density at radius 1 is 1.24 bits per heavy atom. The summed E-state index contributed by atoms with van der Waals surface area (Å²) in [6, 6.07) is 0. The molecule has 2 fully saturated rings. The molecule has 25 heavy (non-hydrogen) atoms. The lowest BCUT2D eigenvalue weighted by Gasteiger charge is -2.31. The highest BCUT2D eigenvalue weighted by atomic mass is 32.1. The van der Waals surface area contributed by atoms with Crippen LogP contribution in [0.2, 0.25) is 0 Å². The van der Waals surface area contributed by atoms with Gasteiger partial charge in [0.05, 0.1) is 26.0 Å². The maximum atomic E-state index is 12.8. The van der Waals surface area contributed by atoms with Crippen LogP contribution in [0.1, 0.15) is 21.9 Å². The molecule has 1 amide bonds. The minimum Gasteiger partial charge on any atom is -0.379 e. The lowest BCUT2D eigenvalue weighted by molar-refractivity contribution is 0.0640. The number of thiazole rings is 1. The van der Waals surface area contributed by atoms with Crippen LogP contribution >= 0.6 is 11.3 Å². The molecule has 1 unspecified atom stereocenters. The second kappa shape index (κ2) is 7.15. The molecule has 2 aliphatic heterocycles. The normalized spacial score (nSPS) is 24.6. The summed E-state index contributed by atoms with van der Waals surface area (Å²) >= 11 is 1.69. The first-order valence-corrected chi connectivity index (χ1v) is 9.36. The van der Waals surface area contributed by atoms with Crippen molar-refractivity contribution in [1.29, 1.82) is 0 Å². The lowest BCUT2D eigenvalue weighted by Crippen LogP contribution is -2.43. The molecule has 0 aliphatic carbocycles. The molecule has 1 spiro atoms. The first kappa shape index (κ1) is 16.6. The molecule has 2 aromatic rings. The summed E-state index contributed by atoms with van der Waals surface area (Å²) in [6.45, 7) is 5.39. The van der Waals surface area contributed by atoms with Gasteiger partial charge in [-0.2, -0.15) is 0 Å². The van der Waals surface area contributed by atoms with Crippen molar-refractivity contribution in [3.63, 3.8) is 0 Å². The van der Waals surface area contributed by atoms with Gasteiger partial charge in [0.25, 0.3) is 5.91 Å². The van der Waals surface area contributed by atoms with Crippen molar-refractivity contribution in [1.82, 2.24) is 24.8 Å². The molecule has 4 rings (SSSR count). The zero-order valence-corrected chi connectivity index (χ0v) is 14.8. The Balaban J connectivity index is 1.46. The van der Waals surface area contributed by atoms with Crippen molar-refractivity contribution in [2.75, 3.05) is 39.4 Å². The SMILES string of the molecule is O=C(c1cnccn1)N1CCOCC2(CCN(Cc3nccs3)C2)C1. The molecule has 2 aromatic heterocycles. The van der Waals surface area contributed by atoms with Crippen LogP contribution < -0.4 is 0 Å². The Labute approximate surface area is 150 Å². The monoisotopic (exact) mass is 359 g/mol. The number of nitrogens with zero attached hydrogens (tertiary/aromatic N) is 5. The topological polar surface area (TPSA) is 71.5 Å². The van der Waals surface area contributed by atoms with E-state index in [1.807, 2.05) is 16.5 Å². The maximum absolute atomic E-state index is 12.8. The van der Waals surface area contributed by atoms with Gasteiger partial charge in [-0.05, 0) is 13.0 Å². The molecule has 0 aromatic carbocycles. The Bertz CT molecular complexity index is 711. The van der Waals surface area contributed by atoms with Gasteiger partial charge in [-0.25, -0.2) is 9.97 Å². The van der Waals surface area contributed by atoms with Crippen LogP contribution in [0.15, 0.2) is 30.2 Å². The fourth-order valence-corrected chi connectivity index (χ4v) is 4.33. The molecular weight excluding hydrogens is 338 g/mol. The zero-order chi connectivity index (χ0) is 17.1. The van der Waals surface area contributed by atoms with E-state index in [9.17, 15) is 4.79 Å². The molecule has 0 bridgehead atoms. The van der Waals surface area contributed by atoms with Crippen molar-refractivity contribution >= 4 is 17.2 Å². The fourth-order valence-electron chi connectivity index (χ4n) is 3.67. The van der Waals surface area contributed by atoms with Crippen molar-refractivity contribution < 1.29 is 9.53 Å². The average Bonchev–Trinajstić information content (AvgIpc) is 3.23. The minimum absolute atomic E-state index is 0.00831. The third kappa shape index (κ3) is 3.70. The predicted molar refractivity (Wildman–Crippen MR) is 93.2 cm³/mol. The number of amides is 1. The lowest BCUT2D eigenvalue weighted by atomic mass is 9.87. The summed E-state index contributed by atoms with van der Waals surface area (Å²) in [5.74, 6) is -0.0589. The Morgan fingerprint density at radius 3 is 3.00 bits per heavy atom. The summed E-state index contributed by atoms with van der Waals surface area (Å²) in [5.41, 5.74) is 0.392. The Kier molecular flexibility index (Phi) is 4.74. The summed E-state index contributed by atoms with van der Waals surface area (Å²) in [4.78, 5) is 29.6. The minimum atomic E-state index is -0.0589. The number of carbonyl (C=O) groups is 1. The summed E-state index contributed by atoms with van der Waals surface area (Å²) in [6.07, 6.45) is 7.55. The van der Waals surface area contributed by atoms with E-state index in [1.165, 1.54) is 6.20 Å². The van der Waals surface area contributed by atoms with Gasteiger partial charge in [-0.1, -0.05) is 0 Å². The van der Waals surface area contributed by atoms with Crippen LogP contribution in [0.5, 0.6) is 0 Å². The van der Waals surface area contributed by atoms with E-state index in [0.717, 1.165) is 31.1 Å². The largest absolute Gasteiger partial charge is 0.379 e. The molecule has 4 heterocycles. The molecular formula is C17H21N5O2S. The highest BCUT2D eigenvalue weighted by Crippen LogP contribution is 2.34. The molecule has 0 saturated carbocycles. The number of hydrogen-bond donors (Lipinski definition) is 0. The van der Waals surface area contributed by atoms with Gasteiger partial charge in [0, 0.05) is 49.0 Å². The molecule has 7 nitrogen and oxygen atoms in total. The Morgan fingerprint density at radius 2 is 2.20 bits per heavy atom. The van der Waals surface area contributed by atoms with Crippen LogP contribution in [-0.2, 0) is 11.3 Å². The van der Waals surface area contributed by atoms with E-state index >= 15 is 0 Å². The summed E-state index contributed by atoms with van der Waals surface area (Å²) < 4.78 is 5.86. The zero-order valence-electron chi connectivity index (χ0n) is 14.0. The van der Waals surface area contributed by atoms with E-state index in [-0.39, 0.29) is 11.3 Å². The predicted octanol–water partition coefficient (Wildman–Crippen LogP) is 1.30. The highest BCUT2D eigenvalue weighted by Gasteiger charge is 2.42. The van der Waals surface area contributed by atoms with Crippen LogP contribution in [0.3, 0.4) is 0 Å². The first-order chi connectivity index (χ1) is 12.2. The average molecular weight is 359 g/mol. The first-order valence-electron chi connectivity index (χ1n) is 8.48. The number of ether oxygens (including phenoxy) is 1. The van der Waals surface area contributed by atoms with E-state index in [1.54, 1.807) is 23.7 Å². The summed E-state index contributed by atoms with van der Waals surface area (Å²) in [5, 5.41) is 3.15. The van der Waals surface area contributed by atoms with Gasteiger partial charge >= 0.3 is 0 Å². The smallest absolute Gasteiger partial charge is 0.274 e. The third-order valence-electron chi connectivity index (χ3n) is 4.87. The van der Waals surface area contributed by atoms with Crippen LogP contribution in [-0.4, -0.2) is 70.1 Å². The third-order valence-corrected chi connectivity index (χ3v) is 5.63. The summed E-state index contributed by atoms with van der Waals surface area (Å²) in [7, 11) is 0. The van der Waals surface area contributed by atoms with Crippen molar-refractivity contribution in [2.24, 2.45) is 5.41 Å². The van der Waals surface area contributed by atoms with E-state index in [0.29, 0.717) is 32.0 Å². The van der Waals surface area contributed by atoms with Crippen LogP contribution in [0.25, 0.3) is 0 Å². The van der Waals surface area contributed by atoms with E-state index in [2.05, 4.69) is 19.9 Å². The highest BCUT2D eigenvalue weighted by molar-refractivity contribution is 7.09. The van der Waals surface area contributed by atoms with Crippen LogP contribution in [0, 0.1) is 5.41 Å². The van der Waals surface area contributed by atoms with Gasteiger partial charge in [0.15, 0.2) is 0 Å². The van der Waals surface area contributed by atoms with Crippen molar-refractivity contribution in [3.8, 4) is 0 Å².